The summed E-state index contributed by atoms with van der Waals surface area (Å²) in [6.45, 7) is 6.48. The molecular formula is C7H16N2. The largest absolute Gasteiger partial charge is 0.329 e. The van der Waals surface area contributed by atoms with Crippen LogP contribution in [0.5, 0.6) is 0 Å². The predicted molar refractivity (Wildman–Crippen MR) is 41.3 cm³/mol. The smallest absolute Gasteiger partial charge is 0.0418 e. The highest BCUT2D eigenvalue weighted by Crippen LogP contribution is 2.01. The minimum Gasteiger partial charge on any atom is -0.329 e. The molecule has 1 unspecified atom stereocenters. The first-order chi connectivity index (χ1) is 4.09. The molecule has 0 saturated carbocycles. The van der Waals surface area contributed by atoms with Crippen molar-refractivity contribution in [3.8, 4) is 0 Å². The molecule has 54 valence electrons. The molecule has 0 spiro atoms. The first-order valence-electron chi connectivity index (χ1n) is 3.11. The lowest BCUT2D eigenvalue weighted by atomic mass is 10.1. The molecule has 0 aromatic heterocycles. The highest BCUT2D eigenvalue weighted by Gasteiger charge is 2.07. The third-order valence-corrected chi connectivity index (χ3v) is 1.42. The van der Waals surface area contributed by atoms with Crippen molar-refractivity contribution >= 4 is 0 Å². The lowest BCUT2D eigenvalue weighted by Crippen LogP contribution is -2.35. The van der Waals surface area contributed by atoms with Crippen LogP contribution in [0.2, 0.25) is 0 Å². The molecule has 2 heteroatoms. The molecule has 0 saturated heterocycles. The Hall–Kier alpha value is -0.340. The van der Waals surface area contributed by atoms with Crippen molar-refractivity contribution in [3.05, 3.63) is 12.2 Å². The third-order valence-electron chi connectivity index (χ3n) is 1.42. The third kappa shape index (κ3) is 2.63. The van der Waals surface area contributed by atoms with E-state index in [0.717, 1.165) is 5.57 Å². The fraction of sp³-hybridized carbons (Fsp3) is 0.714. The average molecular weight is 128 g/mol. The predicted octanol–water partition coefficient (Wildman–Crippen LogP) is 0.451. The van der Waals surface area contributed by atoms with Crippen LogP contribution >= 0.6 is 0 Å². The summed E-state index contributed by atoms with van der Waals surface area (Å²) in [6, 6.07) is 0.338. The van der Waals surface area contributed by atoms with Crippen LogP contribution < -0.4 is 5.73 Å². The summed E-state index contributed by atoms with van der Waals surface area (Å²) >= 11 is 0. The summed E-state index contributed by atoms with van der Waals surface area (Å²) in [5, 5.41) is 0. The van der Waals surface area contributed by atoms with Crippen LogP contribution in [0.1, 0.15) is 6.92 Å². The Bertz CT molecular complexity index is 97.1. The van der Waals surface area contributed by atoms with Crippen molar-refractivity contribution in [1.82, 2.24) is 4.90 Å². The summed E-state index contributed by atoms with van der Waals surface area (Å²) in [5.41, 5.74) is 6.60. The number of hydrogen-bond donors (Lipinski definition) is 1. The van der Waals surface area contributed by atoms with E-state index in [9.17, 15) is 0 Å². The SMILES string of the molecule is C=C(C)C(CN)N(C)C. The Morgan fingerprint density at radius 3 is 2.11 bits per heavy atom. The summed E-state index contributed by atoms with van der Waals surface area (Å²) in [5.74, 6) is 0. The van der Waals surface area contributed by atoms with Crippen molar-refractivity contribution in [1.29, 1.82) is 0 Å². The number of likely N-dealkylation sites (N-methyl/N-ethyl adjacent to an activating group) is 1. The van der Waals surface area contributed by atoms with Gasteiger partial charge in [-0.25, -0.2) is 0 Å². The number of hydrogen-bond acceptors (Lipinski definition) is 2. The maximum Gasteiger partial charge on any atom is 0.0418 e. The molecule has 2 nitrogen and oxygen atoms in total. The van der Waals surface area contributed by atoms with Gasteiger partial charge in [-0.05, 0) is 21.0 Å². The second-order valence-electron chi connectivity index (χ2n) is 2.56. The Morgan fingerprint density at radius 2 is 2.11 bits per heavy atom. The summed E-state index contributed by atoms with van der Waals surface area (Å²) < 4.78 is 0. The van der Waals surface area contributed by atoms with Crippen LogP contribution in [0, 0.1) is 0 Å². The van der Waals surface area contributed by atoms with Gasteiger partial charge in [0.2, 0.25) is 0 Å². The standard InChI is InChI=1S/C7H16N2/c1-6(2)7(5-8)9(3)4/h7H,1,5,8H2,2-4H3. The highest BCUT2D eigenvalue weighted by molar-refractivity contribution is 5.01. The van der Waals surface area contributed by atoms with Crippen LogP contribution in [-0.2, 0) is 0 Å². The van der Waals surface area contributed by atoms with Crippen LogP contribution in [0.4, 0.5) is 0 Å². The first kappa shape index (κ1) is 8.66. The zero-order valence-corrected chi connectivity index (χ0v) is 6.52. The van der Waals surface area contributed by atoms with E-state index >= 15 is 0 Å². The minimum atomic E-state index is 0.338. The van der Waals surface area contributed by atoms with Gasteiger partial charge in [0.15, 0.2) is 0 Å². The van der Waals surface area contributed by atoms with E-state index in [2.05, 4.69) is 11.5 Å². The maximum absolute atomic E-state index is 5.47. The Morgan fingerprint density at radius 1 is 1.67 bits per heavy atom. The molecule has 9 heavy (non-hydrogen) atoms. The molecule has 0 bridgehead atoms. The van der Waals surface area contributed by atoms with Gasteiger partial charge >= 0.3 is 0 Å². The molecule has 0 amide bonds. The van der Waals surface area contributed by atoms with E-state index < -0.39 is 0 Å². The molecule has 2 N–H and O–H groups in total. The summed E-state index contributed by atoms with van der Waals surface area (Å²) in [6.07, 6.45) is 0. The molecule has 0 aliphatic carbocycles. The summed E-state index contributed by atoms with van der Waals surface area (Å²) in [4.78, 5) is 2.07. The maximum atomic E-state index is 5.47. The fourth-order valence-electron chi connectivity index (χ4n) is 0.853. The van der Waals surface area contributed by atoms with Gasteiger partial charge in [-0.15, -0.1) is 0 Å². The quantitative estimate of drug-likeness (QED) is 0.559. The van der Waals surface area contributed by atoms with E-state index in [1.807, 2.05) is 21.0 Å². The highest BCUT2D eigenvalue weighted by atomic mass is 15.1. The number of nitrogens with zero attached hydrogens (tertiary/aromatic N) is 1. The van der Waals surface area contributed by atoms with Crippen molar-refractivity contribution in [2.75, 3.05) is 20.6 Å². The molecule has 0 aliphatic heterocycles. The van der Waals surface area contributed by atoms with Crippen molar-refractivity contribution in [2.45, 2.75) is 13.0 Å². The van der Waals surface area contributed by atoms with Gasteiger partial charge in [0.25, 0.3) is 0 Å². The lowest BCUT2D eigenvalue weighted by molar-refractivity contribution is 0.336. The van der Waals surface area contributed by atoms with Gasteiger partial charge in [0.05, 0.1) is 0 Å². The molecular weight excluding hydrogens is 112 g/mol. The van der Waals surface area contributed by atoms with Gasteiger partial charge < -0.3 is 10.6 Å². The molecule has 0 radical (unpaired) electrons. The second-order valence-corrected chi connectivity index (χ2v) is 2.56. The molecule has 0 heterocycles. The average Bonchev–Trinajstić information content (AvgIpc) is 1.64. The van der Waals surface area contributed by atoms with Crippen LogP contribution in [0.15, 0.2) is 12.2 Å². The van der Waals surface area contributed by atoms with Crippen LogP contribution in [0.3, 0.4) is 0 Å². The number of nitrogens with two attached hydrogens (primary N) is 1. The zero-order chi connectivity index (χ0) is 7.44. The zero-order valence-electron chi connectivity index (χ0n) is 6.52. The van der Waals surface area contributed by atoms with E-state index in [1.165, 1.54) is 0 Å². The van der Waals surface area contributed by atoms with Crippen LogP contribution in [0.25, 0.3) is 0 Å². The van der Waals surface area contributed by atoms with Gasteiger partial charge in [0, 0.05) is 12.6 Å². The Kier molecular flexibility index (Phi) is 3.50. The fourth-order valence-corrected chi connectivity index (χ4v) is 0.853. The molecule has 1 atom stereocenters. The molecule has 0 aromatic rings. The first-order valence-corrected chi connectivity index (χ1v) is 3.11. The normalized spacial score (nSPS) is 13.9. The topological polar surface area (TPSA) is 29.3 Å². The van der Waals surface area contributed by atoms with Crippen LogP contribution in [-0.4, -0.2) is 31.6 Å². The van der Waals surface area contributed by atoms with Crippen molar-refractivity contribution in [2.24, 2.45) is 5.73 Å². The van der Waals surface area contributed by atoms with Gasteiger partial charge in [-0.3, -0.25) is 0 Å². The lowest BCUT2D eigenvalue weighted by Gasteiger charge is -2.22. The van der Waals surface area contributed by atoms with Crippen molar-refractivity contribution in [3.63, 3.8) is 0 Å². The molecule has 0 aliphatic rings. The Labute approximate surface area is 57.3 Å². The molecule has 0 rings (SSSR count). The Balaban J connectivity index is 3.83. The van der Waals surface area contributed by atoms with Crippen molar-refractivity contribution < 1.29 is 0 Å². The molecule has 0 fully saturated rings. The monoisotopic (exact) mass is 128 g/mol. The van der Waals surface area contributed by atoms with E-state index in [0.29, 0.717) is 12.6 Å². The van der Waals surface area contributed by atoms with Gasteiger partial charge in [-0.2, -0.15) is 0 Å². The van der Waals surface area contributed by atoms with E-state index in [4.69, 9.17) is 5.73 Å². The minimum absolute atomic E-state index is 0.338. The van der Waals surface area contributed by atoms with Gasteiger partial charge in [0.1, 0.15) is 0 Å². The number of rotatable bonds is 3. The van der Waals surface area contributed by atoms with E-state index in [1.54, 1.807) is 0 Å². The molecule has 0 aromatic carbocycles. The van der Waals surface area contributed by atoms with E-state index in [-0.39, 0.29) is 0 Å². The summed E-state index contributed by atoms with van der Waals surface area (Å²) in [7, 11) is 4.01. The van der Waals surface area contributed by atoms with Gasteiger partial charge in [-0.1, -0.05) is 12.2 Å². The second kappa shape index (κ2) is 3.64.